The largest absolute Gasteiger partial charge is 0.373 e. The molecular formula is C13H21N3O2. The molecule has 1 atom stereocenters. The van der Waals surface area contributed by atoms with Crippen molar-refractivity contribution >= 4 is 11.4 Å². The number of anilines is 1. The van der Waals surface area contributed by atoms with Gasteiger partial charge in [0.15, 0.2) is 0 Å². The maximum Gasteiger partial charge on any atom is 0.292 e. The van der Waals surface area contributed by atoms with Gasteiger partial charge in [0.1, 0.15) is 5.69 Å². The Bertz CT molecular complexity index is 420. The van der Waals surface area contributed by atoms with Gasteiger partial charge in [-0.3, -0.25) is 10.1 Å². The van der Waals surface area contributed by atoms with Crippen molar-refractivity contribution in [2.45, 2.75) is 32.7 Å². The lowest BCUT2D eigenvalue weighted by Crippen LogP contribution is -2.43. The van der Waals surface area contributed by atoms with Gasteiger partial charge in [0, 0.05) is 18.2 Å². The smallest absolute Gasteiger partial charge is 0.292 e. The molecule has 0 aliphatic heterocycles. The summed E-state index contributed by atoms with van der Waals surface area (Å²) in [6.07, 6.45) is 0.857. The molecule has 1 aromatic carbocycles. The van der Waals surface area contributed by atoms with Gasteiger partial charge in [0.05, 0.1) is 4.92 Å². The van der Waals surface area contributed by atoms with Gasteiger partial charge in [0.2, 0.25) is 0 Å². The number of nitro benzene ring substituents is 1. The molecule has 0 amide bonds. The van der Waals surface area contributed by atoms with E-state index in [1.807, 2.05) is 6.92 Å². The van der Waals surface area contributed by atoms with E-state index >= 15 is 0 Å². The third kappa shape index (κ3) is 3.70. The summed E-state index contributed by atoms with van der Waals surface area (Å²) in [7, 11) is 0. The van der Waals surface area contributed by atoms with E-state index in [2.05, 4.69) is 19.2 Å². The second kappa shape index (κ2) is 5.82. The van der Waals surface area contributed by atoms with E-state index in [0.29, 0.717) is 18.2 Å². The number of rotatable bonds is 6. The van der Waals surface area contributed by atoms with Gasteiger partial charge < -0.3 is 11.1 Å². The van der Waals surface area contributed by atoms with Gasteiger partial charge in [-0.2, -0.15) is 0 Å². The van der Waals surface area contributed by atoms with E-state index in [1.54, 1.807) is 18.2 Å². The van der Waals surface area contributed by atoms with Crippen molar-refractivity contribution in [1.29, 1.82) is 0 Å². The van der Waals surface area contributed by atoms with Gasteiger partial charge in [-0.25, -0.2) is 0 Å². The molecule has 3 N–H and O–H groups in total. The summed E-state index contributed by atoms with van der Waals surface area (Å²) in [5.74, 6) is 0.466. The monoisotopic (exact) mass is 251 g/mol. The van der Waals surface area contributed by atoms with Crippen LogP contribution >= 0.6 is 0 Å². The molecule has 0 spiro atoms. The summed E-state index contributed by atoms with van der Waals surface area (Å²) in [4.78, 5) is 10.6. The van der Waals surface area contributed by atoms with Gasteiger partial charge in [0.25, 0.3) is 5.69 Å². The molecular weight excluding hydrogens is 230 g/mol. The van der Waals surface area contributed by atoms with Gasteiger partial charge >= 0.3 is 0 Å². The number of nitrogens with two attached hydrogens (primary N) is 1. The minimum absolute atomic E-state index is 0.0842. The van der Waals surface area contributed by atoms with Crippen LogP contribution in [0.5, 0.6) is 0 Å². The second-order valence-electron chi connectivity index (χ2n) is 5.26. The molecule has 1 unspecified atom stereocenters. The van der Waals surface area contributed by atoms with E-state index < -0.39 is 0 Å². The van der Waals surface area contributed by atoms with Crippen molar-refractivity contribution in [1.82, 2.24) is 0 Å². The first-order chi connectivity index (χ1) is 8.38. The normalized spacial score (nSPS) is 14.3. The van der Waals surface area contributed by atoms with E-state index in [1.165, 1.54) is 6.07 Å². The maximum absolute atomic E-state index is 11.0. The van der Waals surface area contributed by atoms with E-state index in [9.17, 15) is 10.1 Å². The Labute approximate surface area is 108 Å². The summed E-state index contributed by atoms with van der Waals surface area (Å²) in [6.45, 7) is 6.63. The summed E-state index contributed by atoms with van der Waals surface area (Å²) < 4.78 is 0. The molecule has 0 saturated carbocycles. The lowest BCUT2D eigenvalue weighted by atomic mass is 9.90. The highest BCUT2D eigenvalue weighted by Gasteiger charge is 2.26. The molecule has 0 aromatic heterocycles. The minimum atomic E-state index is -0.380. The first kappa shape index (κ1) is 14.4. The fourth-order valence-corrected chi connectivity index (χ4v) is 2.15. The lowest BCUT2D eigenvalue weighted by molar-refractivity contribution is -0.384. The van der Waals surface area contributed by atoms with Crippen molar-refractivity contribution in [3.8, 4) is 0 Å². The van der Waals surface area contributed by atoms with Crippen LogP contribution in [0.2, 0.25) is 0 Å². The summed E-state index contributed by atoms with van der Waals surface area (Å²) >= 11 is 0. The van der Waals surface area contributed by atoms with Crippen LogP contribution in [0.25, 0.3) is 0 Å². The van der Waals surface area contributed by atoms with Crippen molar-refractivity contribution in [3.05, 3.63) is 34.4 Å². The summed E-state index contributed by atoms with van der Waals surface area (Å²) in [6, 6.07) is 6.65. The first-order valence-corrected chi connectivity index (χ1v) is 6.09. The van der Waals surface area contributed by atoms with Crippen LogP contribution in [0.4, 0.5) is 11.4 Å². The number of para-hydroxylation sites is 2. The zero-order chi connectivity index (χ0) is 13.8. The topological polar surface area (TPSA) is 81.2 Å². The second-order valence-corrected chi connectivity index (χ2v) is 5.26. The van der Waals surface area contributed by atoms with Crippen LogP contribution < -0.4 is 11.1 Å². The minimum Gasteiger partial charge on any atom is -0.373 e. The van der Waals surface area contributed by atoms with E-state index in [0.717, 1.165) is 6.42 Å². The molecule has 0 radical (unpaired) electrons. The average Bonchev–Trinajstić information content (AvgIpc) is 2.28. The molecule has 1 rings (SSSR count). The third-order valence-electron chi connectivity index (χ3n) is 2.85. The summed E-state index contributed by atoms with van der Waals surface area (Å²) in [5, 5.41) is 14.2. The number of nitro groups is 1. The predicted octanol–water partition coefficient (Wildman–Crippen LogP) is 2.77. The van der Waals surface area contributed by atoms with Crippen molar-refractivity contribution in [2.24, 2.45) is 11.7 Å². The zero-order valence-electron chi connectivity index (χ0n) is 11.1. The fraction of sp³-hybridized carbons (Fsp3) is 0.538. The number of nitrogens with zero attached hydrogens (tertiary/aromatic N) is 1. The Hall–Kier alpha value is -1.62. The highest BCUT2D eigenvalue weighted by Crippen LogP contribution is 2.28. The molecule has 0 aliphatic carbocycles. The van der Waals surface area contributed by atoms with Gasteiger partial charge in [-0.05, 0) is 25.3 Å². The quantitative estimate of drug-likeness (QED) is 0.601. The van der Waals surface area contributed by atoms with E-state index in [4.69, 9.17) is 5.73 Å². The first-order valence-electron chi connectivity index (χ1n) is 6.09. The molecule has 0 fully saturated rings. The lowest BCUT2D eigenvalue weighted by Gasteiger charge is -2.32. The highest BCUT2D eigenvalue weighted by atomic mass is 16.6. The fourth-order valence-electron chi connectivity index (χ4n) is 2.15. The molecule has 0 aliphatic rings. The van der Waals surface area contributed by atoms with Crippen molar-refractivity contribution in [2.75, 3.05) is 11.9 Å². The average molecular weight is 251 g/mol. The Morgan fingerprint density at radius 2 is 2.06 bits per heavy atom. The van der Waals surface area contributed by atoms with E-state index in [-0.39, 0.29) is 16.1 Å². The molecule has 0 saturated heterocycles. The van der Waals surface area contributed by atoms with Gasteiger partial charge in [-0.15, -0.1) is 0 Å². The Morgan fingerprint density at radius 1 is 1.44 bits per heavy atom. The number of hydrogen-bond donors (Lipinski definition) is 2. The van der Waals surface area contributed by atoms with Crippen molar-refractivity contribution in [3.63, 3.8) is 0 Å². The maximum atomic E-state index is 11.0. The molecule has 5 heteroatoms. The SMILES string of the molecule is CC(C)CC(C)(CN)Nc1ccccc1[N+](=O)[O-]. The Balaban J connectivity index is 2.98. The van der Waals surface area contributed by atoms with Crippen molar-refractivity contribution < 1.29 is 4.92 Å². The highest BCUT2D eigenvalue weighted by molar-refractivity contribution is 5.62. The Kier molecular flexibility index (Phi) is 4.67. The van der Waals surface area contributed by atoms with Crippen LogP contribution in [0.15, 0.2) is 24.3 Å². The van der Waals surface area contributed by atoms with Crippen LogP contribution in [0, 0.1) is 16.0 Å². The molecule has 0 heterocycles. The summed E-state index contributed by atoms with van der Waals surface area (Å²) in [5.41, 5.74) is 6.07. The third-order valence-corrected chi connectivity index (χ3v) is 2.85. The standard InChI is InChI=1S/C13H21N3O2/c1-10(2)8-13(3,9-14)15-11-6-4-5-7-12(11)16(17)18/h4-7,10,15H,8-9,14H2,1-3H3. The van der Waals surface area contributed by atoms with Crippen LogP contribution in [0.1, 0.15) is 27.2 Å². The molecule has 1 aromatic rings. The van der Waals surface area contributed by atoms with Crippen LogP contribution in [0.3, 0.4) is 0 Å². The van der Waals surface area contributed by atoms with Crippen LogP contribution in [-0.2, 0) is 0 Å². The molecule has 18 heavy (non-hydrogen) atoms. The number of nitrogens with one attached hydrogen (secondary N) is 1. The molecule has 100 valence electrons. The number of benzene rings is 1. The number of hydrogen-bond acceptors (Lipinski definition) is 4. The van der Waals surface area contributed by atoms with Crippen LogP contribution in [-0.4, -0.2) is 17.0 Å². The molecule has 5 nitrogen and oxygen atoms in total. The predicted molar refractivity (Wildman–Crippen MR) is 73.6 cm³/mol. The van der Waals surface area contributed by atoms with Gasteiger partial charge in [-0.1, -0.05) is 26.0 Å². The zero-order valence-corrected chi connectivity index (χ0v) is 11.1. The Morgan fingerprint density at radius 3 is 2.56 bits per heavy atom. The molecule has 0 bridgehead atoms.